The second-order valence-corrected chi connectivity index (χ2v) is 4.48. The van der Waals surface area contributed by atoms with Crippen molar-refractivity contribution in [2.75, 3.05) is 5.32 Å². The maximum Gasteiger partial charge on any atom is 0.347 e. The zero-order chi connectivity index (χ0) is 10.8. The van der Waals surface area contributed by atoms with Gasteiger partial charge in [-0.2, -0.15) is 0 Å². The van der Waals surface area contributed by atoms with E-state index in [2.05, 4.69) is 10.3 Å². The molecule has 0 saturated heterocycles. The van der Waals surface area contributed by atoms with Gasteiger partial charge in [0.05, 0.1) is 6.20 Å². The first-order valence-corrected chi connectivity index (χ1v) is 5.48. The number of aromatic carboxylic acids is 1. The Labute approximate surface area is 90.1 Å². The third-order valence-corrected chi connectivity index (χ3v) is 3.32. The molecule has 0 radical (unpaired) electrons. The quantitative estimate of drug-likeness (QED) is 0.820. The van der Waals surface area contributed by atoms with Crippen molar-refractivity contribution in [2.45, 2.75) is 19.3 Å². The lowest BCUT2D eigenvalue weighted by atomic mass is 9.85. The van der Waals surface area contributed by atoms with E-state index in [1.165, 1.54) is 6.20 Å². The van der Waals surface area contributed by atoms with Crippen LogP contribution in [0.2, 0.25) is 0 Å². The van der Waals surface area contributed by atoms with E-state index < -0.39 is 5.97 Å². The van der Waals surface area contributed by atoms with Gasteiger partial charge in [-0.25, -0.2) is 9.78 Å². The summed E-state index contributed by atoms with van der Waals surface area (Å²) in [4.78, 5) is 26.0. The molecular weight excluding hydrogens is 216 g/mol. The zero-order valence-corrected chi connectivity index (χ0v) is 8.71. The number of thiazole rings is 1. The zero-order valence-electron chi connectivity index (χ0n) is 7.90. The van der Waals surface area contributed by atoms with Gasteiger partial charge in [0.1, 0.15) is 4.88 Å². The number of anilines is 1. The highest BCUT2D eigenvalue weighted by molar-refractivity contribution is 7.17. The van der Waals surface area contributed by atoms with Gasteiger partial charge in [-0.1, -0.05) is 17.8 Å². The molecule has 15 heavy (non-hydrogen) atoms. The van der Waals surface area contributed by atoms with E-state index in [-0.39, 0.29) is 16.7 Å². The lowest BCUT2D eigenvalue weighted by Gasteiger charge is -2.23. The molecule has 2 N–H and O–H groups in total. The SMILES string of the molecule is O=C(O)c1cnc(NC(=O)C2CCC2)s1. The van der Waals surface area contributed by atoms with Gasteiger partial charge in [-0.15, -0.1) is 0 Å². The van der Waals surface area contributed by atoms with Crippen LogP contribution < -0.4 is 5.32 Å². The maximum atomic E-state index is 11.5. The normalized spacial score (nSPS) is 15.7. The van der Waals surface area contributed by atoms with Crippen LogP contribution in [-0.4, -0.2) is 22.0 Å². The Balaban J connectivity index is 1.97. The number of hydrogen-bond acceptors (Lipinski definition) is 4. The van der Waals surface area contributed by atoms with Crippen molar-refractivity contribution in [3.63, 3.8) is 0 Å². The first-order valence-electron chi connectivity index (χ1n) is 4.67. The van der Waals surface area contributed by atoms with E-state index in [1.54, 1.807) is 0 Å². The number of nitrogens with one attached hydrogen (secondary N) is 1. The van der Waals surface area contributed by atoms with Gasteiger partial charge in [0.2, 0.25) is 5.91 Å². The molecule has 1 fully saturated rings. The molecule has 1 saturated carbocycles. The molecule has 1 aromatic heterocycles. The highest BCUT2D eigenvalue weighted by Crippen LogP contribution is 2.28. The molecule has 0 atom stereocenters. The van der Waals surface area contributed by atoms with E-state index in [9.17, 15) is 9.59 Å². The van der Waals surface area contributed by atoms with E-state index in [0.717, 1.165) is 30.6 Å². The van der Waals surface area contributed by atoms with Crippen LogP contribution in [0.25, 0.3) is 0 Å². The number of amides is 1. The summed E-state index contributed by atoms with van der Waals surface area (Å²) in [7, 11) is 0. The third kappa shape index (κ3) is 2.15. The Morgan fingerprint density at radius 2 is 2.27 bits per heavy atom. The van der Waals surface area contributed by atoms with Crippen LogP contribution in [0.15, 0.2) is 6.20 Å². The van der Waals surface area contributed by atoms with Gasteiger partial charge in [0.15, 0.2) is 5.13 Å². The second-order valence-electron chi connectivity index (χ2n) is 3.45. The summed E-state index contributed by atoms with van der Waals surface area (Å²) in [6.07, 6.45) is 4.19. The van der Waals surface area contributed by atoms with Crippen molar-refractivity contribution in [1.29, 1.82) is 0 Å². The van der Waals surface area contributed by atoms with Crippen LogP contribution in [0.4, 0.5) is 5.13 Å². The summed E-state index contributed by atoms with van der Waals surface area (Å²) in [6, 6.07) is 0. The first-order chi connectivity index (χ1) is 7.16. The Morgan fingerprint density at radius 1 is 1.53 bits per heavy atom. The van der Waals surface area contributed by atoms with Crippen molar-refractivity contribution in [3.05, 3.63) is 11.1 Å². The predicted octanol–water partition coefficient (Wildman–Crippen LogP) is 1.58. The monoisotopic (exact) mass is 226 g/mol. The van der Waals surface area contributed by atoms with E-state index in [1.807, 2.05) is 0 Å². The third-order valence-electron chi connectivity index (χ3n) is 2.42. The Hall–Kier alpha value is -1.43. The molecule has 0 spiro atoms. The first kappa shape index (κ1) is 10.1. The fraction of sp³-hybridized carbons (Fsp3) is 0.444. The minimum absolute atomic E-state index is 0.0486. The smallest absolute Gasteiger partial charge is 0.347 e. The Bertz CT molecular complexity index is 398. The van der Waals surface area contributed by atoms with Gasteiger partial charge in [0, 0.05) is 5.92 Å². The van der Waals surface area contributed by atoms with E-state index in [4.69, 9.17) is 5.11 Å². The van der Waals surface area contributed by atoms with Crippen LogP contribution in [0.1, 0.15) is 28.9 Å². The summed E-state index contributed by atoms with van der Waals surface area (Å²) < 4.78 is 0. The van der Waals surface area contributed by atoms with Gasteiger partial charge in [-0.05, 0) is 12.8 Å². The van der Waals surface area contributed by atoms with Crippen molar-refractivity contribution in [1.82, 2.24) is 4.98 Å². The van der Waals surface area contributed by atoms with Gasteiger partial charge >= 0.3 is 5.97 Å². The number of carbonyl (C=O) groups is 2. The van der Waals surface area contributed by atoms with Crippen LogP contribution in [0, 0.1) is 5.92 Å². The lowest BCUT2D eigenvalue weighted by Crippen LogP contribution is -2.27. The minimum atomic E-state index is -1.02. The molecule has 1 heterocycles. The molecule has 0 unspecified atom stereocenters. The Morgan fingerprint density at radius 3 is 2.73 bits per heavy atom. The van der Waals surface area contributed by atoms with Gasteiger partial charge < -0.3 is 10.4 Å². The number of rotatable bonds is 3. The maximum absolute atomic E-state index is 11.5. The molecule has 1 amide bonds. The highest BCUT2D eigenvalue weighted by Gasteiger charge is 2.25. The van der Waals surface area contributed by atoms with Gasteiger partial charge in [-0.3, -0.25) is 4.79 Å². The average Bonchev–Trinajstić information content (AvgIpc) is 2.48. The molecule has 1 aromatic rings. The fourth-order valence-corrected chi connectivity index (χ4v) is 1.97. The van der Waals surface area contributed by atoms with Crippen LogP contribution in [0.5, 0.6) is 0 Å². The number of aromatic nitrogens is 1. The minimum Gasteiger partial charge on any atom is -0.477 e. The summed E-state index contributed by atoms with van der Waals surface area (Å²) in [5, 5.41) is 11.6. The fourth-order valence-electron chi connectivity index (χ4n) is 1.31. The number of carbonyl (C=O) groups excluding carboxylic acids is 1. The summed E-state index contributed by atoms with van der Waals surface area (Å²) in [5.74, 6) is -0.980. The number of carboxylic acid groups (broad SMARTS) is 1. The van der Waals surface area contributed by atoms with E-state index in [0.29, 0.717) is 5.13 Å². The van der Waals surface area contributed by atoms with Crippen molar-refractivity contribution >= 4 is 28.3 Å². The molecule has 0 aliphatic heterocycles. The average molecular weight is 226 g/mol. The molecule has 0 aromatic carbocycles. The number of carboxylic acids is 1. The van der Waals surface area contributed by atoms with E-state index >= 15 is 0 Å². The lowest BCUT2D eigenvalue weighted by molar-refractivity contribution is -0.122. The molecular formula is C9H10N2O3S. The highest BCUT2D eigenvalue weighted by atomic mass is 32.1. The van der Waals surface area contributed by atoms with Crippen molar-refractivity contribution in [2.24, 2.45) is 5.92 Å². The topological polar surface area (TPSA) is 79.3 Å². The number of nitrogens with zero attached hydrogens (tertiary/aromatic N) is 1. The summed E-state index contributed by atoms with van der Waals surface area (Å²) in [6.45, 7) is 0. The molecule has 1 aliphatic carbocycles. The predicted molar refractivity (Wildman–Crippen MR) is 55.0 cm³/mol. The van der Waals surface area contributed by atoms with Crippen molar-refractivity contribution < 1.29 is 14.7 Å². The molecule has 0 bridgehead atoms. The molecule has 2 rings (SSSR count). The van der Waals surface area contributed by atoms with Crippen LogP contribution in [0.3, 0.4) is 0 Å². The largest absolute Gasteiger partial charge is 0.477 e. The Kier molecular flexibility index (Phi) is 2.68. The standard InChI is InChI=1S/C9H10N2O3S/c12-7(5-2-1-3-5)11-9-10-4-6(15-9)8(13)14/h4-5H,1-3H2,(H,13,14)(H,10,11,12). The second kappa shape index (κ2) is 3.98. The molecule has 6 heteroatoms. The van der Waals surface area contributed by atoms with Gasteiger partial charge in [0.25, 0.3) is 0 Å². The molecule has 1 aliphatic rings. The van der Waals surface area contributed by atoms with Crippen LogP contribution >= 0.6 is 11.3 Å². The molecule has 5 nitrogen and oxygen atoms in total. The van der Waals surface area contributed by atoms with Crippen LogP contribution in [-0.2, 0) is 4.79 Å². The molecule has 80 valence electrons. The van der Waals surface area contributed by atoms with Crippen molar-refractivity contribution in [3.8, 4) is 0 Å². The summed E-state index contributed by atoms with van der Waals surface area (Å²) >= 11 is 0.979. The number of hydrogen-bond donors (Lipinski definition) is 2. The summed E-state index contributed by atoms with van der Waals surface area (Å²) in [5.41, 5.74) is 0.